The Balaban J connectivity index is 1.61. The molecule has 1 unspecified atom stereocenters. The maximum absolute atomic E-state index is 12.7. The van der Waals surface area contributed by atoms with Crippen LogP contribution in [0.4, 0.5) is 24.7 Å². The van der Waals surface area contributed by atoms with Gasteiger partial charge in [-0.15, -0.1) is 0 Å². The SMILES string of the molecule is CC(C(=O)Nc1ccccc1C#N)N1CCCN(c2ccc(C(F)(F)F)cn2)CC1. The number of halogens is 3. The lowest BCUT2D eigenvalue weighted by Crippen LogP contribution is -2.44. The highest BCUT2D eigenvalue weighted by atomic mass is 19.4. The molecular weight excluding hydrogens is 395 g/mol. The average Bonchev–Trinajstić information content (AvgIpc) is 2.99. The Kier molecular flexibility index (Phi) is 6.57. The van der Waals surface area contributed by atoms with Gasteiger partial charge in [0.15, 0.2) is 0 Å². The van der Waals surface area contributed by atoms with Gasteiger partial charge in [0.2, 0.25) is 5.91 Å². The molecule has 0 saturated carbocycles. The van der Waals surface area contributed by atoms with E-state index in [-0.39, 0.29) is 5.91 Å². The fourth-order valence-corrected chi connectivity index (χ4v) is 3.39. The molecule has 1 fully saturated rings. The molecule has 30 heavy (non-hydrogen) atoms. The van der Waals surface area contributed by atoms with Crippen molar-refractivity contribution in [3.63, 3.8) is 0 Å². The smallest absolute Gasteiger partial charge is 0.355 e. The molecule has 0 bridgehead atoms. The van der Waals surface area contributed by atoms with Crippen molar-refractivity contribution in [3.8, 4) is 6.07 Å². The first-order valence-electron chi connectivity index (χ1n) is 9.62. The first kappa shape index (κ1) is 21.6. The van der Waals surface area contributed by atoms with Crippen molar-refractivity contribution in [1.82, 2.24) is 9.88 Å². The number of para-hydroxylation sites is 1. The van der Waals surface area contributed by atoms with Crippen LogP contribution in [0, 0.1) is 11.3 Å². The molecule has 0 aliphatic carbocycles. The zero-order valence-electron chi connectivity index (χ0n) is 16.5. The fraction of sp³-hybridized carbons (Fsp3) is 0.381. The summed E-state index contributed by atoms with van der Waals surface area (Å²) in [4.78, 5) is 20.6. The van der Waals surface area contributed by atoms with Gasteiger partial charge in [-0.25, -0.2) is 4.98 Å². The summed E-state index contributed by atoms with van der Waals surface area (Å²) in [5.41, 5.74) is 0.0985. The first-order valence-corrected chi connectivity index (χ1v) is 9.62. The van der Waals surface area contributed by atoms with Crippen molar-refractivity contribution >= 4 is 17.4 Å². The summed E-state index contributed by atoms with van der Waals surface area (Å²) in [6, 6.07) is 10.9. The van der Waals surface area contributed by atoms with E-state index in [1.54, 1.807) is 31.2 Å². The van der Waals surface area contributed by atoms with Gasteiger partial charge in [0.05, 0.1) is 22.9 Å². The van der Waals surface area contributed by atoms with Gasteiger partial charge in [0, 0.05) is 32.4 Å². The topological polar surface area (TPSA) is 72.3 Å². The maximum atomic E-state index is 12.7. The number of rotatable bonds is 4. The molecule has 1 aromatic heterocycles. The Labute approximate surface area is 172 Å². The zero-order chi connectivity index (χ0) is 21.7. The van der Waals surface area contributed by atoms with Crippen LogP contribution in [0.5, 0.6) is 0 Å². The second-order valence-electron chi connectivity index (χ2n) is 7.10. The highest BCUT2D eigenvalue weighted by molar-refractivity contribution is 5.95. The average molecular weight is 417 g/mol. The largest absolute Gasteiger partial charge is 0.417 e. The number of hydrogen-bond acceptors (Lipinski definition) is 5. The van der Waals surface area contributed by atoms with Crippen molar-refractivity contribution in [2.75, 3.05) is 36.4 Å². The summed E-state index contributed by atoms with van der Waals surface area (Å²) in [5, 5.41) is 12.0. The number of aromatic nitrogens is 1. The van der Waals surface area contributed by atoms with Gasteiger partial charge in [-0.05, 0) is 37.6 Å². The highest BCUT2D eigenvalue weighted by Crippen LogP contribution is 2.29. The van der Waals surface area contributed by atoms with Crippen LogP contribution in [-0.4, -0.2) is 48.0 Å². The number of benzene rings is 1. The number of pyridine rings is 1. The predicted octanol–water partition coefficient (Wildman–Crippen LogP) is 3.51. The summed E-state index contributed by atoms with van der Waals surface area (Å²) in [6.45, 7) is 4.23. The van der Waals surface area contributed by atoms with Gasteiger partial charge in [0.25, 0.3) is 0 Å². The van der Waals surface area contributed by atoms with Crippen LogP contribution in [0.3, 0.4) is 0 Å². The van der Waals surface area contributed by atoms with Crippen molar-refractivity contribution in [1.29, 1.82) is 5.26 Å². The second-order valence-corrected chi connectivity index (χ2v) is 7.10. The van der Waals surface area contributed by atoms with Gasteiger partial charge in [-0.2, -0.15) is 18.4 Å². The van der Waals surface area contributed by atoms with Crippen LogP contribution in [0.1, 0.15) is 24.5 Å². The van der Waals surface area contributed by atoms with E-state index in [1.807, 2.05) is 9.80 Å². The van der Waals surface area contributed by atoms with Crippen molar-refractivity contribution in [2.45, 2.75) is 25.6 Å². The molecule has 1 N–H and O–H groups in total. The van der Waals surface area contributed by atoms with Gasteiger partial charge in [-0.1, -0.05) is 12.1 Å². The second kappa shape index (κ2) is 9.13. The molecule has 6 nitrogen and oxygen atoms in total. The van der Waals surface area contributed by atoms with Crippen LogP contribution < -0.4 is 10.2 Å². The zero-order valence-corrected chi connectivity index (χ0v) is 16.5. The minimum absolute atomic E-state index is 0.209. The third kappa shape index (κ3) is 5.07. The van der Waals surface area contributed by atoms with Crippen molar-refractivity contribution in [3.05, 3.63) is 53.7 Å². The summed E-state index contributed by atoms with van der Waals surface area (Å²) < 4.78 is 38.2. The van der Waals surface area contributed by atoms with Crippen LogP contribution >= 0.6 is 0 Å². The summed E-state index contributed by atoms with van der Waals surface area (Å²) in [5.74, 6) is 0.281. The van der Waals surface area contributed by atoms with E-state index in [9.17, 15) is 18.0 Å². The number of nitriles is 1. The molecule has 0 radical (unpaired) electrons. The number of nitrogens with one attached hydrogen (secondary N) is 1. The quantitative estimate of drug-likeness (QED) is 0.824. The van der Waals surface area contributed by atoms with E-state index in [4.69, 9.17) is 5.26 Å². The third-order valence-electron chi connectivity index (χ3n) is 5.16. The third-order valence-corrected chi connectivity index (χ3v) is 5.16. The normalized spacial score (nSPS) is 16.4. The lowest BCUT2D eigenvalue weighted by Gasteiger charge is -2.27. The Morgan fingerprint density at radius 3 is 2.60 bits per heavy atom. The Bertz CT molecular complexity index is 923. The van der Waals surface area contributed by atoms with Crippen LogP contribution in [0.2, 0.25) is 0 Å². The fourth-order valence-electron chi connectivity index (χ4n) is 3.39. The van der Waals surface area contributed by atoms with Crippen LogP contribution in [0.25, 0.3) is 0 Å². The molecule has 3 rings (SSSR count). The Hall–Kier alpha value is -3.12. The van der Waals surface area contributed by atoms with Crippen molar-refractivity contribution < 1.29 is 18.0 Å². The molecule has 1 aromatic carbocycles. The van der Waals surface area contributed by atoms with Gasteiger partial charge >= 0.3 is 6.18 Å². The molecule has 2 aromatic rings. The van der Waals surface area contributed by atoms with Crippen molar-refractivity contribution in [2.24, 2.45) is 0 Å². The number of carbonyl (C=O) groups excluding carboxylic acids is 1. The number of amides is 1. The Morgan fingerprint density at radius 1 is 1.17 bits per heavy atom. The summed E-state index contributed by atoms with van der Waals surface area (Å²) in [7, 11) is 0. The molecule has 1 atom stereocenters. The molecule has 1 saturated heterocycles. The van der Waals surface area contributed by atoms with E-state index in [1.165, 1.54) is 6.07 Å². The molecule has 1 aliphatic heterocycles. The van der Waals surface area contributed by atoms with Gasteiger partial charge < -0.3 is 10.2 Å². The highest BCUT2D eigenvalue weighted by Gasteiger charge is 2.31. The van der Waals surface area contributed by atoms with E-state index < -0.39 is 17.8 Å². The van der Waals surface area contributed by atoms with E-state index in [2.05, 4.69) is 16.4 Å². The maximum Gasteiger partial charge on any atom is 0.417 e. The van der Waals surface area contributed by atoms with Crippen LogP contribution in [-0.2, 0) is 11.0 Å². The lowest BCUT2D eigenvalue weighted by molar-refractivity contribution is -0.137. The summed E-state index contributed by atoms with van der Waals surface area (Å²) in [6.07, 6.45) is -2.82. The molecule has 9 heteroatoms. The van der Waals surface area contributed by atoms with Gasteiger partial charge in [-0.3, -0.25) is 9.69 Å². The number of hydrogen-bond donors (Lipinski definition) is 1. The van der Waals surface area contributed by atoms with E-state index in [0.29, 0.717) is 43.2 Å². The lowest BCUT2D eigenvalue weighted by atomic mass is 10.1. The standard InChI is InChI=1S/C21H22F3N5O/c1-15(20(30)27-18-6-3-2-5-16(18)13-25)28-9-4-10-29(12-11-28)19-8-7-17(14-26-19)21(22,23)24/h2-3,5-8,14-15H,4,9-12H2,1H3,(H,27,30). The monoisotopic (exact) mass is 417 g/mol. The molecule has 158 valence electrons. The van der Waals surface area contributed by atoms with Crippen LogP contribution in [0.15, 0.2) is 42.6 Å². The summed E-state index contributed by atoms with van der Waals surface area (Å²) >= 11 is 0. The molecule has 0 spiro atoms. The number of anilines is 2. The first-order chi connectivity index (χ1) is 14.3. The number of alkyl halides is 3. The van der Waals surface area contributed by atoms with E-state index in [0.717, 1.165) is 18.7 Å². The van der Waals surface area contributed by atoms with E-state index >= 15 is 0 Å². The molecule has 2 heterocycles. The molecular formula is C21H22F3N5O. The minimum atomic E-state index is -4.41. The number of nitrogens with zero attached hydrogens (tertiary/aromatic N) is 4. The number of carbonyl (C=O) groups is 1. The molecule has 1 aliphatic rings. The molecule has 1 amide bonds. The minimum Gasteiger partial charge on any atom is -0.355 e. The Morgan fingerprint density at radius 2 is 1.93 bits per heavy atom. The predicted molar refractivity (Wildman–Crippen MR) is 107 cm³/mol. The van der Waals surface area contributed by atoms with Gasteiger partial charge in [0.1, 0.15) is 11.9 Å².